The van der Waals surface area contributed by atoms with Gasteiger partial charge >= 0.3 is 0 Å². The standard InChI is InChI=1S/C13H19NO2/c1-10-5-6-12(15-2)8-13(10)16-9-11-4-3-7-14-11/h5-6,8,11,14H,3-4,7,9H2,1-2H3. The van der Waals surface area contributed by atoms with Gasteiger partial charge in [0, 0.05) is 12.1 Å². The highest BCUT2D eigenvalue weighted by atomic mass is 16.5. The highest BCUT2D eigenvalue weighted by molar-refractivity contribution is 5.39. The first-order valence-corrected chi connectivity index (χ1v) is 5.80. The Bertz CT molecular complexity index is 346. The maximum atomic E-state index is 5.82. The summed E-state index contributed by atoms with van der Waals surface area (Å²) in [5.74, 6) is 1.77. The minimum Gasteiger partial charge on any atom is -0.497 e. The van der Waals surface area contributed by atoms with Crippen LogP contribution in [-0.4, -0.2) is 26.3 Å². The van der Waals surface area contributed by atoms with Crippen molar-refractivity contribution in [2.45, 2.75) is 25.8 Å². The molecular weight excluding hydrogens is 202 g/mol. The van der Waals surface area contributed by atoms with Gasteiger partial charge in [-0.15, -0.1) is 0 Å². The summed E-state index contributed by atoms with van der Waals surface area (Å²) in [7, 11) is 1.67. The predicted octanol–water partition coefficient (Wildman–Crippen LogP) is 2.13. The Morgan fingerprint density at radius 1 is 1.44 bits per heavy atom. The lowest BCUT2D eigenvalue weighted by Crippen LogP contribution is -2.28. The predicted molar refractivity (Wildman–Crippen MR) is 64.3 cm³/mol. The molecule has 0 radical (unpaired) electrons. The lowest BCUT2D eigenvalue weighted by molar-refractivity contribution is 0.274. The van der Waals surface area contributed by atoms with Crippen LogP contribution in [0.25, 0.3) is 0 Å². The minimum atomic E-state index is 0.505. The van der Waals surface area contributed by atoms with E-state index in [-0.39, 0.29) is 0 Å². The van der Waals surface area contributed by atoms with Crippen LogP contribution in [0.3, 0.4) is 0 Å². The topological polar surface area (TPSA) is 30.5 Å². The van der Waals surface area contributed by atoms with Gasteiger partial charge in [0.2, 0.25) is 0 Å². The molecule has 3 heteroatoms. The van der Waals surface area contributed by atoms with E-state index in [4.69, 9.17) is 9.47 Å². The zero-order valence-electron chi connectivity index (χ0n) is 9.95. The van der Waals surface area contributed by atoms with Crippen molar-refractivity contribution in [2.24, 2.45) is 0 Å². The normalized spacial score (nSPS) is 19.8. The van der Waals surface area contributed by atoms with E-state index >= 15 is 0 Å². The van der Waals surface area contributed by atoms with Crippen LogP contribution in [0.15, 0.2) is 18.2 Å². The van der Waals surface area contributed by atoms with Crippen LogP contribution in [0, 0.1) is 6.92 Å². The third-order valence-corrected chi connectivity index (χ3v) is 3.00. The van der Waals surface area contributed by atoms with Gasteiger partial charge in [-0.25, -0.2) is 0 Å². The van der Waals surface area contributed by atoms with E-state index in [2.05, 4.69) is 12.2 Å². The maximum absolute atomic E-state index is 5.82. The Morgan fingerprint density at radius 3 is 3.00 bits per heavy atom. The van der Waals surface area contributed by atoms with Gasteiger partial charge in [0.05, 0.1) is 7.11 Å². The lowest BCUT2D eigenvalue weighted by atomic mass is 10.2. The molecule has 88 valence electrons. The van der Waals surface area contributed by atoms with Crippen LogP contribution in [0.1, 0.15) is 18.4 Å². The molecule has 1 saturated heterocycles. The van der Waals surface area contributed by atoms with Crippen molar-refractivity contribution in [3.8, 4) is 11.5 Å². The zero-order valence-corrected chi connectivity index (χ0v) is 9.95. The molecule has 1 N–H and O–H groups in total. The Kier molecular flexibility index (Phi) is 3.67. The van der Waals surface area contributed by atoms with Gasteiger partial charge in [-0.05, 0) is 37.9 Å². The summed E-state index contributed by atoms with van der Waals surface area (Å²) < 4.78 is 11.0. The Labute approximate surface area is 96.8 Å². The van der Waals surface area contributed by atoms with E-state index in [1.54, 1.807) is 7.11 Å². The lowest BCUT2D eigenvalue weighted by Gasteiger charge is -2.14. The zero-order chi connectivity index (χ0) is 11.4. The molecular formula is C13H19NO2. The number of ether oxygens (including phenoxy) is 2. The summed E-state index contributed by atoms with van der Waals surface area (Å²) in [6.45, 7) is 3.91. The molecule has 1 unspecified atom stereocenters. The van der Waals surface area contributed by atoms with Gasteiger partial charge in [0.15, 0.2) is 0 Å². The third-order valence-electron chi connectivity index (χ3n) is 3.00. The molecule has 0 aliphatic carbocycles. The maximum Gasteiger partial charge on any atom is 0.125 e. The molecule has 1 fully saturated rings. The highest BCUT2D eigenvalue weighted by Crippen LogP contribution is 2.24. The fourth-order valence-electron chi connectivity index (χ4n) is 1.95. The van der Waals surface area contributed by atoms with E-state index in [0.29, 0.717) is 6.04 Å². The second kappa shape index (κ2) is 5.21. The first-order chi connectivity index (χ1) is 7.79. The smallest absolute Gasteiger partial charge is 0.125 e. The number of rotatable bonds is 4. The molecule has 0 spiro atoms. The highest BCUT2D eigenvalue weighted by Gasteiger charge is 2.14. The Hall–Kier alpha value is -1.22. The number of nitrogens with one attached hydrogen (secondary N) is 1. The van der Waals surface area contributed by atoms with E-state index < -0.39 is 0 Å². The van der Waals surface area contributed by atoms with Crippen LogP contribution in [0.2, 0.25) is 0 Å². The summed E-state index contributed by atoms with van der Waals surface area (Å²) >= 11 is 0. The monoisotopic (exact) mass is 221 g/mol. The van der Waals surface area contributed by atoms with Crippen molar-refractivity contribution in [1.29, 1.82) is 0 Å². The first-order valence-electron chi connectivity index (χ1n) is 5.80. The summed E-state index contributed by atoms with van der Waals surface area (Å²) in [5.41, 5.74) is 1.15. The van der Waals surface area contributed by atoms with Gasteiger partial charge in [-0.1, -0.05) is 6.07 Å². The van der Waals surface area contributed by atoms with Crippen LogP contribution in [0.5, 0.6) is 11.5 Å². The third kappa shape index (κ3) is 2.67. The van der Waals surface area contributed by atoms with Crippen LogP contribution >= 0.6 is 0 Å². The van der Waals surface area contributed by atoms with Crippen LogP contribution in [0.4, 0.5) is 0 Å². The molecule has 2 rings (SSSR count). The first kappa shape index (κ1) is 11.3. The van der Waals surface area contributed by atoms with Gasteiger partial charge in [-0.3, -0.25) is 0 Å². The number of hydrogen-bond acceptors (Lipinski definition) is 3. The number of methoxy groups -OCH3 is 1. The van der Waals surface area contributed by atoms with Gasteiger partial charge in [0.25, 0.3) is 0 Å². The average Bonchev–Trinajstić information content (AvgIpc) is 2.81. The molecule has 1 aromatic carbocycles. The van der Waals surface area contributed by atoms with Gasteiger partial charge in [-0.2, -0.15) is 0 Å². The average molecular weight is 221 g/mol. The quantitative estimate of drug-likeness (QED) is 0.845. The van der Waals surface area contributed by atoms with Gasteiger partial charge in [0.1, 0.15) is 18.1 Å². The molecule has 0 saturated carbocycles. The summed E-state index contributed by atoms with van der Waals surface area (Å²) in [4.78, 5) is 0. The number of aryl methyl sites for hydroxylation is 1. The van der Waals surface area contributed by atoms with E-state index in [1.807, 2.05) is 18.2 Å². The fraction of sp³-hybridized carbons (Fsp3) is 0.538. The largest absolute Gasteiger partial charge is 0.497 e. The molecule has 3 nitrogen and oxygen atoms in total. The van der Waals surface area contributed by atoms with Crippen LogP contribution < -0.4 is 14.8 Å². The second-order valence-corrected chi connectivity index (χ2v) is 4.24. The van der Waals surface area contributed by atoms with E-state index in [1.165, 1.54) is 12.8 Å². The number of benzene rings is 1. The summed E-state index contributed by atoms with van der Waals surface area (Å²) in [5, 5.41) is 3.42. The Morgan fingerprint density at radius 2 is 2.31 bits per heavy atom. The van der Waals surface area contributed by atoms with Crippen LogP contribution in [-0.2, 0) is 0 Å². The molecule has 0 amide bonds. The van der Waals surface area contributed by atoms with E-state index in [9.17, 15) is 0 Å². The SMILES string of the molecule is COc1ccc(C)c(OCC2CCCN2)c1. The van der Waals surface area contributed by atoms with Crippen molar-refractivity contribution in [1.82, 2.24) is 5.32 Å². The summed E-state index contributed by atoms with van der Waals surface area (Å²) in [6, 6.07) is 6.43. The van der Waals surface area contributed by atoms with Crippen molar-refractivity contribution < 1.29 is 9.47 Å². The molecule has 1 aliphatic rings. The molecule has 1 aromatic rings. The molecule has 16 heavy (non-hydrogen) atoms. The minimum absolute atomic E-state index is 0.505. The number of hydrogen-bond donors (Lipinski definition) is 1. The molecule has 1 atom stereocenters. The van der Waals surface area contributed by atoms with Gasteiger partial charge < -0.3 is 14.8 Å². The molecule has 0 aromatic heterocycles. The van der Waals surface area contributed by atoms with E-state index in [0.717, 1.165) is 30.2 Å². The van der Waals surface area contributed by atoms with Crippen molar-refractivity contribution in [2.75, 3.05) is 20.3 Å². The molecule has 0 bridgehead atoms. The summed E-state index contributed by atoms with van der Waals surface area (Å²) in [6.07, 6.45) is 2.47. The molecule has 1 heterocycles. The van der Waals surface area contributed by atoms with Crippen molar-refractivity contribution in [3.05, 3.63) is 23.8 Å². The molecule has 1 aliphatic heterocycles. The fourth-order valence-corrected chi connectivity index (χ4v) is 1.95. The van der Waals surface area contributed by atoms with Crippen molar-refractivity contribution >= 4 is 0 Å². The van der Waals surface area contributed by atoms with Crippen molar-refractivity contribution in [3.63, 3.8) is 0 Å². The second-order valence-electron chi connectivity index (χ2n) is 4.24. The Balaban J connectivity index is 1.96.